The molecule has 0 rings (SSSR count). The molecule has 0 saturated carbocycles. The lowest BCUT2D eigenvalue weighted by molar-refractivity contribution is -0.161. The summed E-state index contributed by atoms with van der Waals surface area (Å²) in [5.74, 6) is 0.142. The molecule has 17 nitrogen and oxygen atoms in total. The van der Waals surface area contributed by atoms with Gasteiger partial charge < -0.3 is 33.8 Å². The zero-order valence-corrected chi connectivity index (χ0v) is 61.1. The van der Waals surface area contributed by atoms with Crippen LogP contribution < -0.4 is 0 Å². The molecule has 0 aliphatic heterocycles. The summed E-state index contributed by atoms with van der Waals surface area (Å²) in [6.45, 7) is 11.8. The highest BCUT2D eigenvalue weighted by atomic mass is 31.2. The predicted molar refractivity (Wildman–Crippen MR) is 368 cm³/mol. The van der Waals surface area contributed by atoms with E-state index in [0.717, 1.165) is 108 Å². The first-order valence-electron chi connectivity index (χ1n) is 37.4. The lowest BCUT2D eigenvalue weighted by atomic mass is 9.99. The SMILES string of the molecule is CCCCCCCCCCCCCCCC(=O)O[C@H](COC(=O)CCCCCCCCC(C)C)COP(=O)(O)OC[C@H](O)COP(=O)(O)OC[C@@H](COC(=O)CCCCCCCCCCCCC(C)CC)OC(=O)CCCCCCCCCCCCCCC(C)C. The smallest absolute Gasteiger partial charge is 0.462 e. The Morgan fingerprint density at radius 2 is 0.560 bits per heavy atom. The fourth-order valence-corrected chi connectivity index (χ4v) is 12.4. The minimum Gasteiger partial charge on any atom is -0.462 e. The summed E-state index contributed by atoms with van der Waals surface area (Å²) in [7, 11) is -9.90. The van der Waals surface area contributed by atoms with Crippen molar-refractivity contribution in [3.05, 3.63) is 0 Å². The number of carbonyl (C=O) groups excluding carboxylic acids is 4. The number of phosphoric acid groups is 2. The van der Waals surface area contributed by atoms with Crippen LogP contribution in [0.2, 0.25) is 0 Å². The monoisotopic (exact) mass is 1340 g/mol. The van der Waals surface area contributed by atoms with Crippen LogP contribution in [-0.4, -0.2) is 96.7 Å². The Hall–Kier alpha value is -1.94. The summed E-state index contributed by atoms with van der Waals surface area (Å²) in [6.07, 6.45) is 47.2. The fourth-order valence-electron chi connectivity index (χ4n) is 10.9. The summed E-state index contributed by atoms with van der Waals surface area (Å²) in [4.78, 5) is 72.6. The summed E-state index contributed by atoms with van der Waals surface area (Å²) in [6, 6.07) is 0. The molecular weight excluding hydrogens is 1200 g/mol. The van der Waals surface area contributed by atoms with E-state index in [9.17, 15) is 43.2 Å². The van der Waals surface area contributed by atoms with E-state index in [1.807, 2.05) is 0 Å². The largest absolute Gasteiger partial charge is 0.472 e. The Labute approximate surface area is 556 Å². The maximum Gasteiger partial charge on any atom is 0.472 e. The third kappa shape index (κ3) is 65.1. The number of hydrogen-bond donors (Lipinski definition) is 3. The Morgan fingerprint density at radius 1 is 0.319 bits per heavy atom. The second-order valence-corrected chi connectivity index (χ2v) is 30.1. The first-order valence-corrected chi connectivity index (χ1v) is 40.4. The molecule has 0 saturated heterocycles. The second kappa shape index (κ2) is 62.8. The average molecular weight is 1340 g/mol. The number of ether oxygens (including phenoxy) is 4. The molecule has 0 aromatic carbocycles. The molecule has 0 radical (unpaired) electrons. The highest BCUT2D eigenvalue weighted by molar-refractivity contribution is 7.47. The highest BCUT2D eigenvalue weighted by Crippen LogP contribution is 2.45. The van der Waals surface area contributed by atoms with Gasteiger partial charge in [0.2, 0.25) is 0 Å². The van der Waals surface area contributed by atoms with E-state index in [2.05, 4.69) is 48.5 Å². The molecule has 0 aromatic rings. The van der Waals surface area contributed by atoms with E-state index in [-0.39, 0.29) is 25.7 Å². The number of esters is 4. The molecule has 540 valence electrons. The number of rotatable bonds is 70. The van der Waals surface area contributed by atoms with Gasteiger partial charge in [-0.05, 0) is 43.4 Å². The van der Waals surface area contributed by atoms with E-state index in [4.69, 9.17) is 37.0 Å². The van der Waals surface area contributed by atoms with E-state index in [1.165, 1.54) is 167 Å². The lowest BCUT2D eigenvalue weighted by Gasteiger charge is -2.21. The first kappa shape index (κ1) is 89.1. The zero-order valence-electron chi connectivity index (χ0n) is 59.3. The quantitative estimate of drug-likeness (QED) is 0.0222. The highest BCUT2D eigenvalue weighted by Gasteiger charge is 2.30. The van der Waals surface area contributed by atoms with Crippen LogP contribution in [0.25, 0.3) is 0 Å². The van der Waals surface area contributed by atoms with Gasteiger partial charge in [0.25, 0.3) is 0 Å². The molecule has 0 heterocycles. The van der Waals surface area contributed by atoms with E-state index < -0.39 is 97.5 Å². The minimum absolute atomic E-state index is 0.106. The topological polar surface area (TPSA) is 237 Å². The molecule has 3 N–H and O–H groups in total. The van der Waals surface area contributed by atoms with Crippen LogP contribution >= 0.6 is 15.6 Å². The van der Waals surface area contributed by atoms with E-state index >= 15 is 0 Å². The van der Waals surface area contributed by atoms with Crippen molar-refractivity contribution in [1.29, 1.82) is 0 Å². The lowest BCUT2D eigenvalue weighted by Crippen LogP contribution is -2.30. The Kier molecular flexibility index (Phi) is 61.5. The number of phosphoric ester groups is 2. The average Bonchev–Trinajstić information content (AvgIpc) is 3.58. The summed E-state index contributed by atoms with van der Waals surface area (Å²) >= 11 is 0. The van der Waals surface area contributed by atoms with Crippen molar-refractivity contribution in [2.24, 2.45) is 17.8 Å². The molecule has 0 aliphatic carbocycles. The van der Waals surface area contributed by atoms with Crippen LogP contribution in [0.4, 0.5) is 0 Å². The molecule has 6 atom stereocenters. The molecule has 91 heavy (non-hydrogen) atoms. The van der Waals surface area contributed by atoms with Gasteiger partial charge in [-0.1, -0.05) is 312 Å². The van der Waals surface area contributed by atoms with Crippen LogP contribution in [0.3, 0.4) is 0 Å². The van der Waals surface area contributed by atoms with Gasteiger partial charge in [0.15, 0.2) is 12.2 Å². The number of hydrogen-bond acceptors (Lipinski definition) is 15. The maximum absolute atomic E-state index is 13.0. The van der Waals surface area contributed by atoms with Gasteiger partial charge in [0, 0.05) is 25.7 Å². The Morgan fingerprint density at radius 3 is 0.835 bits per heavy atom. The molecule has 0 aliphatic rings. The van der Waals surface area contributed by atoms with Gasteiger partial charge in [-0.15, -0.1) is 0 Å². The molecule has 0 amide bonds. The van der Waals surface area contributed by atoms with Gasteiger partial charge in [0.1, 0.15) is 19.3 Å². The van der Waals surface area contributed by atoms with Crippen molar-refractivity contribution in [2.45, 2.75) is 381 Å². The fraction of sp³-hybridized carbons (Fsp3) is 0.944. The molecule has 0 bridgehead atoms. The van der Waals surface area contributed by atoms with Gasteiger partial charge in [0.05, 0.1) is 26.4 Å². The Balaban J connectivity index is 5.25. The van der Waals surface area contributed by atoms with Crippen molar-refractivity contribution < 1.29 is 80.2 Å². The molecule has 0 aromatic heterocycles. The van der Waals surface area contributed by atoms with Crippen LogP contribution in [-0.2, 0) is 65.4 Å². The van der Waals surface area contributed by atoms with Crippen LogP contribution in [0.15, 0.2) is 0 Å². The third-order valence-corrected chi connectivity index (χ3v) is 18.9. The zero-order chi connectivity index (χ0) is 67.3. The van der Waals surface area contributed by atoms with Crippen LogP contribution in [0.5, 0.6) is 0 Å². The van der Waals surface area contributed by atoms with Crippen molar-refractivity contribution >= 4 is 39.5 Å². The first-order chi connectivity index (χ1) is 43.8. The normalized spacial score (nSPS) is 14.5. The predicted octanol–water partition coefficient (Wildman–Crippen LogP) is 20.6. The van der Waals surface area contributed by atoms with Crippen LogP contribution in [0.1, 0.15) is 363 Å². The molecule has 19 heteroatoms. The molecule has 0 spiro atoms. The van der Waals surface area contributed by atoms with Gasteiger partial charge >= 0.3 is 39.5 Å². The summed E-state index contributed by atoms with van der Waals surface area (Å²) < 4.78 is 68.4. The van der Waals surface area contributed by atoms with Gasteiger partial charge in [-0.3, -0.25) is 37.3 Å². The maximum atomic E-state index is 13.0. The molecule has 3 unspecified atom stereocenters. The third-order valence-electron chi connectivity index (χ3n) is 17.0. The number of aliphatic hydroxyl groups excluding tert-OH is 1. The molecular formula is C72H140O17P2. The van der Waals surface area contributed by atoms with Gasteiger partial charge in [-0.2, -0.15) is 0 Å². The standard InChI is InChI=1S/C72H140O17P2/c1-8-10-11-12-13-14-15-16-20-27-32-41-48-55-72(77)89-68(60-83-70(75)54-47-40-35-34-37-44-51-64(5)6)62-87-91(80,81)85-58-66(73)57-84-90(78,79)86-61-67(59-82-69(74)53-46-39-31-26-23-22-25-30-38-45-52-65(7)9-2)88-71(76)56-49-42-33-28-21-18-17-19-24-29-36-43-50-63(3)4/h63-68,73H,8-62H2,1-7H3,(H,78,79)(H,80,81)/t65?,66-,67-,68-/m1/s1. The minimum atomic E-state index is -4.95. The number of carbonyl (C=O) groups is 4. The van der Waals surface area contributed by atoms with Crippen molar-refractivity contribution in [1.82, 2.24) is 0 Å². The summed E-state index contributed by atoms with van der Waals surface area (Å²) in [5, 5.41) is 10.6. The van der Waals surface area contributed by atoms with E-state index in [0.29, 0.717) is 31.6 Å². The van der Waals surface area contributed by atoms with E-state index in [1.54, 1.807) is 0 Å². The molecule has 0 fully saturated rings. The number of unbranched alkanes of at least 4 members (excludes halogenated alkanes) is 37. The summed E-state index contributed by atoms with van der Waals surface area (Å²) in [5.41, 5.74) is 0. The van der Waals surface area contributed by atoms with Crippen molar-refractivity contribution in [3.8, 4) is 0 Å². The second-order valence-electron chi connectivity index (χ2n) is 27.2. The Bertz CT molecular complexity index is 1790. The number of aliphatic hydroxyl groups is 1. The van der Waals surface area contributed by atoms with Gasteiger partial charge in [-0.25, -0.2) is 9.13 Å². The van der Waals surface area contributed by atoms with Crippen molar-refractivity contribution in [2.75, 3.05) is 39.6 Å². The van der Waals surface area contributed by atoms with Crippen molar-refractivity contribution in [3.63, 3.8) is 0 Å². The van der Waals surface area contributed by atoms with Crippen LogP contribution in [0, 0.1) is 17.8 Å².